The Hall–Kier alpha value is -1.05. The zero-order valence-electron chi connectivity index (χ0n) is 5.86. The van der Waals surface area contributed by atoms with Crippen molar-refractivity contribution in [1.82, 2.24) is 0 Å². The van der Waals surface area contributed by atoms with Gasteiger partial charge in [-0.15, -0.1) is 0 Å². The monoisotopic (exact) mass is 204 g/mol. The van der Waals surface area contributed by atoms with Gasteiger partial charge in [-0.25, -0.2) is 8.42 Å². The van der Waals surface area contributed by atoms with E-state index in [2.05, 4.69) is 0 Å². The molecule has 12 heavy (non-hydrogen) atoms. The summed E-state index contributed by atoms with van der Waals surface area (Å²) in [7, 11) is 1.34. The van der Waals surface area contributed by atoms with E-state index in [0.29, 0.717) is 0 Å². The van der Waals surface area contributed by atoms with Gasteiger partial charge in [0, 0.05) is 10.7 Å². The number of nitrogens with zero attached hydrogens (tertiary/aromatic N) is 1. The molecule has 1 rings (SSSR count). The van der Waals surface area contributed by atoms with E-state index in [1.165, 1.54) is 24.3 Å². The van der Waals surface area contributed by atoms with Gasteiger partial charge in [0.1, 0.15) is 0 Å². The molecule has 0 aromatic heterocycles. The molecule has 1 aromatic rings. The first-order valence-electron chi connectivity index (χ1n) is 2.99. The highest BCUT2D eigenvalue weighted by Gasteiger charge is 2.09. The maximum atomic E-state index is 10.8. The molecule has 0 aliphatic rings. The van der Waals surface area contributed by atoms with Crippen LogP contribution < -0.4 is 0 Å². The van der Waals surface area contributed by atoms with Gasteiger partial charge in [-0.2, -0.15) is 5.26 Å². The fourth-order valence-corrected chi connectivity index (χ4v) is 1.51. The normalized spacial score (nSPS) is 10.7. The molecule has 0 atom stereocenters. The lowest BCUT2D eigenvalue weighted by Crippen LogP contribution is -1.90. The lowest BCUT2D eigenvalue weighted by molar-refractivity contribution is 0.609. The van der Waals surface area contributed by atoms with Crippen molar-refractivity contribution in [2.24, 2.45) is 0 Å². The van der Waals surface area contributed by atoms with Crippen LogP contribution in [0.3, 0.4) is 0 Å². The third kappa shape index (κ3) is 1.97. The molecule has 0 bridgehead atoms. The van der Waals surface area contributed by atoms with E-state index >= 15 is 0 Å². The van der Waals surface area contributed by atoms with Crippen molar-refractivity contribution in [3.8, 4) is 6.07 Å². The van der Waals surface area contributed by atoms with Crippen LogP contribution in [-0.4, -0.2) is 8.42 Å². The molecule has 0 amide bonds. The average molecular weight is 205 g/mol. The van der Waals surface area contributed by atoms with E-state index < -0.39 is 9.05 Å². The fourth-order valence-electron chi connectivity index (χ4n) is 0.717. The van der Waals surface area contributed by atoms with E-state index in [4.69, 9.17) is 15.9 Å². The van der Waals surface area contributed by atoms with Gasteiger partial charge in [0.25, 0.3) is 9.05 Å². The highest BCUT2D eigenvalue weighted by Crippen LogP contribution is 2.15. The van der Waals surface area contributed by atoms with Crippen molar-refractivity contribution in [1.29, 1.82) is 5.26 Å². The standard InChI is InChI=1S/C7H4ClNO2S/c8-12(10,11)7-3-1-2-6(4-7)5-9/h1-4H/i12+3. The van der Waals surface area contributed by atoms with Gasteiger partial charge in [-0.1, -0.05) is 6.07 Å². The van der Waals surface area contributed by atoms with Crippen molar-refractivity contribution >= 4 is 19.7 Å². The molecule has 0 unspecified atom stereocenters. The largest absolute Gasteiger partial charge is 0.261 e. The van der Waals surface area contributed by atoms with Crippen molar-refractivity contribution in [3.05, 3.63) is 29.8 Å². The summed E-state index contributed by atoms with van der Waals surface area (Å²) in [5.41, 5.74) is 0.275. The van der Waals surface area contributed by atoms with E-state index in [0.717, 1.165) is 0 Å². The summed E-state index contributed by atoms with van der Waals surface area (Å²) in [6.45, 7) is 0. The topological polar surface area (TPSA) is 57.9 Å². The Kier molecular flexibility index (Phi) is 2.36. The fraction of sp³-hybridized carbons (Fsp3) is 0. The minimum atomic E-state index is -3.71. The van der Waals surface area contributed by atoms with Crippen LogP contribution in [-0.2, 0) is 9.05 Å². The van der Waals surface area contributed by atoms with Crippen molar-refractivity contribution in [3.63, 3.8) is 0 Å². The summed E-state index contributed by atoms with van der Waals surface area (Å²) in [5.74, 6) is 0. The second kappa shape index (κ2) is 3.13. The first kappa shape index (κ1) is 9.04. The lowest BCUT2D eigenvalue weighted by Gasteiger charge is -1.94. The predicted octanol–water partition coefficient (Wildman–Crippen LogP) is 1.49. The van der Waals surface area contributed by atoms with Gasteiger partial charge in [-0.3, -0.25) is 0 Å². The first-order valence-corrected chi connectivity index (χ1v) is 5.30. The third-order valence-electron chi connectivity index (χ3n) is 1.24. The van der Waals surface area contributed by atoms with E-state index in [1.54, 1.807) is 0 Å². The zero-order chi connectivity index (χ0) is 9.19. The van der Waals surface area contributed by atoms with Crippen LogP contribution >= 0.6 is 10.7 Å². The first-order chi connectivity index (χ1) is 5.54. The summed E-state index contributed by atoms with van der Waals surface area (Å²) >= 11 is 0. The Morgan fingerprint density at radius 2 is 2.08 bits per heavy atom. The van der Waals surface area contributed by atoms with Gasteiger partial charge < -0.3 is 0 Å². The molecule has 0 saturated carbocycles. The second-order valence-corrected chi connectivity index (χ2v) is 4.64. The predicted molar refractivity (Wildman–Crippen MR) is 44.2 cm³/mol. The van der Waals surface area contributed by atoms with Crippen LogP contribution in [0.2, 0.25) is 0 Å². The molecule has 3 nitrogen and oxygen atoms in total. The van der Waals surface area contributed by atoms with Gasteiger partial charge in [0.05, 0.1) is 16.5 Å². The SMILES string of the molecule is N#Cc1cccc([35S](=O)(=O)Cl)c1. The summed E-state index contributed by atoms with van der Waals surface area (Å²) in [5, 5.41) is 8.44. The van der Waals surface area contributed by atoms with Gasteiger partial charge in [0.2, 0.25) is 0 Å². The Morgan fingerprint density at radius 3 is 2.58 bits per heavy atom. The van der Waals surface area contributed by atoms with Crippen molar-refractivity contribution < 1.29 is 8.42 Å². The van der Waals surface area contributed by atoms with Crippen molar-refractivity contribution in [2.75, 3.05) is 0 Å². The maximum Gasteiger partial charge on any atom is 0.261 e. The number of rotatable bonds is 1. The van der Waals surface area contributed by atoms with Gasteiger partial charge in [0.15, 0.2) is 0 Å². The zero-order valence-corrected chi connectivity index (χ0v) is 7.43. The molecule has 0 radical (unpaired) electrons. The van der Waals surface area contributed by atoms with Gasteiger partial charge in [-0.05, 0) is 18.2 Å². The summed E-state index contributed by atoms with van der Waals surface area (Å²) in [6.07, 6.45) is 0. The second-order valence-electron chi connectivity index (χ2n) is 2.08. The smallest absolute Gasteiger partial charge is 0.207 e. The molecule has 0 fully saturated rings. The van der Waals surface area contributed by atoms with Crippen LogP contribution in [0.5, 0.6) is 0 Å². The maximum absolute atomic E-state index is 10.8. The van der Waals surface area contributed by atoms with Crippen LogP contribution in [0, 0.1) is 11.3 Å². The van der Waals surface area contributed by atoms with Crippen LogP contribution in [0.4, 0.5) is 0 Å². The van der Waals surface area contributed by atoms with Gasteiger partial charge >= 0.3 is 0 Å². The van der Waals surface area contributed by atoms with Crippen LogP contribution in [0.15, 0.2) is 29.2 Å². The number of hydrogen-bond donors (Lipinski definition) is 0. The van der Waals surface area contributed by atoms with Crippen LogP contribution in [0.25, 0.3) is 0 Å². The highest BCUT2D eigenvalue weighted by molar-refractivity contribution is 8.13. The number of nitriles is 1. The van der Waals surface area contributed by atoms with Crippen molar-refractivity contribution in [2.45, 2.75) is 4.90 Å². The Balaban J connectivity index is 3.32. The average Bonchev–Trinajstić information content (AvgIpc) is 2.03. The minimum Gasteiger partial charge on any atom is -0.207 e. The molecule has 0 N–H and O–H groups in total. The third-order valence-corrected chi connectivity index (χ3v) is 2.60. The summed E-state index contributed by atoms with van der Waals surface area (Å²) in [6, 6.07) is 7.35. The van der Waals surface area contributed by atoms with Crippen LogP contribution in [0.1, 0.15) is 5.56 Å². The molecule has 0 heterocycles. The molecule has 0 aliphatic carbocycles. The summed E-state index contributed by atoms with van der Waals surface area (Å²) in [4.78, 5) is -0.0526. The minimum absolute atomic E-state index is 0.0526. The molecule has 62 valence electrons. The summed E-state index contributed by atoms with van der Waals surface area (Å²) < 4.78 is 21.5. The molecule has 0 saturated heterocycles. The molecular weight excluding hydrogens is 201 g/mol. The number of hydrogen-bond acceptors (Lipinski definition) is 3. The Labute approximate surface area is 74.6 Å². The quantitative estimate of drug-likeness (QED) is 0.651. The number of benzene rings is 1. The van der Waals surface area contributed by atoms with E-state index in [-0.39, 0.29) is 10.5 Å². The lowest BCUT2D eigenvalue weighted by atomic mass is 10.2. The molecule has 0 aliphatic heterocycles. The Morgan fingerprint density at radius 1 is 1.42 bits per heavy atom. The molecule has 0 spiro atoms. The van der Waals surface area contributed by atoms with E-state index in [1.807, 2.05) is 6.07 Å². The van der Waals surface area contributed by atoms with E-state index in [9.17, 15) is 8.42 Å². The highest BCUT2D eigenvalue weighted by atomic mass is 36.3. The molecule has 5 heteroatoms. The Bertz CT molecular complexity index is 433. The molecular formula is C7H4ClNO2S. The number of halogens is 1. The molecule has 1 aromatic carbocycles.